The van der Waals surface area contributed by atoms with Gasteiger partial charge in [-0.15, -0.1) is 11.3 Å². The van der Waals surface area contributed by atoms with E-state index in [0.29, 0.717) is 16.6 Å². The number of aryl methyl sites for hydroxylation is 1. The van der Waals surface area contributed by atoms with Gasteiger partial charge < -0.3 is 0 Å². The Labute approximate surface area is 154 Å². The van der Waals surface area contributed by atoms with E-state index in [1.165, 1.54) is 11.3 Å². The molecule has 26 heavy (non-hydrogen) atoms. The van der Waals surface area contributed by atoms with Crippen molar-refractivity contribution in [3.63, 3.8) is 0 Å². The molecule has 0 unspecified atom stereocenters. The van der Waals surface area contributed by atoms with Gasteiger partial charge in [0.2, 0.25) is 0 Å². The van der Waals surface area contributed by atoms with E-state index in [9.17, 15) is 4.79 Å². The lowest BCUT2D eigenvalue weighted by Crippen LogP contribution is -2.14. The molecular formula is C19H15N5OS. The normalized spacial score (nSPS) is 10.7. The summed E-state index contributed by atoms with van der Waals surface area (Å²) in [4.78, 5) is 21.4. The van der Waals surface area contributed by atoms with E-state index in [0.717, 1.165) is 16.8 Å². The minimum absolute atomic E-state index is 0.301. The van der Waals surface area contributed by atoms with Crippen LogP contribution in [0, 0.1) is 6.92 Å². The summed E-state index contributed by atoms with van der Waals surface area (Å²) in [6.07, 6.45) is 3.44. The van der Waals surface area contributed by atoms with Gasteiger partial charge in [0.05, 0.1) is 5.69 Å². The zero-order valence-corrected chi connectivity index (χ0v) is 14.8. The quantitative estimate of drug-likeness (QED) is 0.597. The molecule has 6 nitrogen and oxygen atoms in total. The number of thiazole rings is 1. The number of rotatable bonds is 4. The Hall–Kier alpha value is -3.32. The summed E-state index contributed by atoms with van der Waals surface area (Å²) in [6, 6.07) is 15.1. The van der Waals surface area contributed by atoms with E-state index in [1.807, 2.05) is 36.6 Å². The molecule has 0 atom stereocenters. The molecule has 0 saturated heterocycles. The van der Waals surface area contributed by atoms with Gasteiger partial charge in [-0.25, -0.2) is 14.6 Å². The number of carbonyl (C=O) groups excluding carboxylic acids is 1. The van der Waals surface area contributed by atoms with Crippen molar-refractivity contribution in [1.82, 2.24) is 19.7 Å². The monoisotopic (exact) mass is 361 g/mol. The van der Waals surface area contributed by atoms with E-state index >= 15 is 0 Å². The summed E-state index contributed by atoms with van der Waals surface area (Å²) in [5, 5.41) is 9.42. The fourth-order valence-corrected chi connectivity index (χ4v) is 3.26. The standard InChI is InChI=1S/C19H15N5OS/c1-13-6-2-3-7-14(13)16-12-26-19(22-16)23-18(25)15-8-4-9-17(21-15)24-11-5-10-20-24/h2-12H,1H3,(H,22,23,25). The van der Waals surface area contributed by atoms with Crippen molar-refractivity contribution in [2.45, 2.75) is 6.92 Å². The number of benzene rings is 1. The van der Waals surface area contributed by atoms with E-state index in [4.69, 9.17) is 0 Å². The van der Waals surface area contributed by atoms with E-state index in [-0.39, 0.29) is 5.91 Å². The maximum Gasteiger partial charge on any atom is 0.276 e. The molecule has 4 aromatic rings. The molecule has 0 aliphatic heterocycles. The second kappa shape index (κ2) is 6.89. The highest BCUT2D eigenvalue weighted by molar-refractivity contribution is 7.14. The third-order valence-corrected chi connectivity index (χ3v) is 4.61. The smallest absolute Gasteiger partial charge is 0.276 e. The molecule has 0 aliphatic carbocycles. The van der Waals surface area contributed by atoms with Crippen LogP contribution in [0.5, 0.6) is 0 Å². The number of nitrogens with one attached hydrogen (secondary N) is 1. The van der Waals surface area contributed by atoms with Crippen LogP contribution in [0.2, 0.25) is 0 Å². The molecule has 3 heterocycles. The fourth-order valence-electron chi connectivity index (χ4n) is 2.56. The molecule has 7 heteroatoms. The minimum Gasteiger partial charge on any atom is -0.296 e. The van der Waals surface area contributed by atoms with Gasteiger partial charge in [-0.3, -0.25) is 10.1 Å². The van der Waals surface area contributed by atoms with E-state index < -0.39 is 0 Å². The van der Waals surface area contributed by atoms with Crippen LogP contribution in [-0.4, -0.2) is 25.7 Å². The molecule has 1 amide bonds. The van der Waals surface area contributed by atoms with E-state index in [1.54, 1.807) is 41.3 Å². The van der Waals surface area contributed by atoms with Crippen LogP contribution >= 0.6 is 11.3 Å². The zero-order valence-electron chi connectivity index (χ0n) is 14.0. The Morgan fingerprint density at radius 1 is 1.08 bits per heavy atom. The van der Waals surface area contributed by atoms with Gasteiger partial charge in [-0.1, -0.05) is 30.3 Å². The van der Waals surface area contributed by atoms with Gasteiger partial charge in [0.15, 0.2) is 10.9 Å². The molecule has 0 fully saturated rings. The Kier molecular flexibility index (Phi) is 4.28. The van der Waals surface area contributed by atoms with Crippen molar-refractivity contribution in [1.29, 1.82) is 0 Å². The second-order valence-electron chi connectivity index (χ2n) is 5.64. The Bertz CT molecular complexity index is 1060. The topological polar surface area (TPSA) is 72.7 Å². The first-order valence-corrected chi connectivity index (χ1v) is 8.88. The molecule has 0 aliphatic rings. The SMILES string of the molecule is Cc1ccccc1-c1csc(NC(=O)c2cccc(-n3cccn3)n2)n1. The molecule has 1 N–H and O–H groups in total. The van der Waals surface area contributed by atoms with Gasteiger partial charge >= 0.3 is 0 Å². The van der Waals surface area contributed by atoms with Crippen molar-refractivity contribution in [3.8, 4) is 17.1 Å². The fraction of sp³-hybridized carbons (Fsp3) is 0.0526. The lowest BCUT2D eigenvalue weighted by molar-refractivity contribution is 0.102. The average molecular weight is 361 g/mol. The predicted octanol–water partition coefficient (Wildman–Crippen LogP) is 3.95. The lowest BCUT2D eigenvalue weighted by Gasteiger charge is -2.04. The van der Waals surface area contributed by atoms with Crippen molar-refractivity contribution in [2.24, 2.45) is 0 Å². The average Bonchev–Trinajstić information content (AvgIpc) is 3.34. The summed E-state index contributed by atoms with van der Waals surface area (Å²) in [5.74, 6) is 0.284. The highest BCUT2D eigenvalue weighted by Crippen LogP contribution is 2.27. The largest absolute Gasteiger partial charge is 0.296 e. The van der Waals surface area contributed by atoms with Gasteiger partial charge in [-0.05, 0) is 30.7 Å². The molecule has 3 aromatic heterocycles. The van der Waals surface area contributed by atoms with Crippen molar-refractivity contribution in [2.75, 3.05) is 5.32 Å². The van der Waals surface area contributed by atoms with Gasteiger partial charge in [-0.2, -0.15) is 5.10 Å². The summed E-state index contributed by atoms with van der Waals surface area (Å²) < 4.78 is 1.61. The second-order valence-corrected chi connectivity index (χ2v) is 6.50. The summed E-state index contributed by atoms with van der Waals surface area (Å²) in [7, 11) is 0. The van der Waals surface area contributed by atoms with Crippen LogP contribution in [0.4, 0.5) is 5.13 Å². The van der Waals surface area contributed by atoms with Crippen LogP contribution in [0.1, 0.15) is 16.1 Å². The Morgan fingerprint density at radius 2 is 1.96 bits per heavy atom. The zero-order chi connectivity index (χ0) is 17.9. The molecule has 0 saturated carbocycles. The van der Waals surface area contributed by atoms with Crippen LogP contribution in [-0.2, 0) is 0 Å². The molecule has 0 spiro atoms. The number of pyridine rings is 1. The van der Waals surface area contributed by atoms with Crippen molar-refractivity contribution < 1.29 is 4.79 Å². The first-order valence-electron chi connectivity index (χ1n) is 8.01. The van der Waals surface area contributed by atoms with Gasteiger partial charge in [0.25, 0.3) is 5.91 Å². The van der Waals surface area contributed by atoms with Gasteiger partial charge in [0.1, 0.15) is 5.69 Å². The summed E-state index contributed by atoms with van der Waals surface area (Å²) in [5.41, 5.74) is 3.36. The number of amides is 1. The molecule has 4 rings (SSSR count). The lowest BCUT2D eigenvalue weighted by atomic mass is 10.1. The number of anilines is 1. The van der Waals surface area contributed by atoms with Crippen molar-refractivity contribution in [3.05, 3.63) is 77.6 Å². The Balaban J connectivity index is 1.54. The molecule has 128 valence electrons. The minimum atomic E-state index is -0.301. The van der Waals surface area contributed by atoms with Crippen LogP contribution in [0.3, 0.4) is 0 Å². The van der Waals surface area contributed by atoms with Gasteiger partial charge in [0, 0.05) is 23.3 Å². The van der Waals surface area contributed by atoms with Crippen LogP contribution < -0.4 is 5.32 Å². The van der Waals surface area contributed by atoms with Crippen LogP contribution in [0.25, 0.3) is 17.1 Å². The number of aromatic nitrogens is 4. The molecular weight excluding hydrogens is 346 g/mol. The number of hydrogen-bond donors (Lipinski definition) is 1. The highest BCUT2D eigenvalue weighted by Gasteiger charge is 2.13. The summed E-state index contributed by atoms with van der Waals surface area (Å²) in [6.45, 7) is 2.04. The maximum atomic E-state index is 12.5. The maximum absolute atomic E-state index is 12.5. The number of nitrogens with zero attached hydrogens (tertiary/aromatic N) is 4. The van der Waals surface area contributed by atoms with E-state index in [2.05, 4.69) is 20.4 Å². The molecule has 1 aromatic carbocycles. The predicted molar refractivity (Wildman–Crippen MR) is 102 cm³/mol. The highest BCUT2D eigenvalue weighted by atomic mass is 32.1. The first kappa shape index (κ1) is 16.2. The third kappa shape index (κ3) is 3.25. The van der Waals surface area contributed by atoms with Crippen molar-refractivity contribution >= 4 is 22.4 Å². The number of carbonyl (C=O) groups is 1. The van der Waals surface area contributed by atoms with Crippen LogP contribution in [0.15, 0.2) is 66.3 Å². The first-order chi connectivity index (χ1) is 12.7. The number of hydrogen-bond acceptors (Lipinski definition) is 5. The molecule has 0 radical (unpaired) electrons. The molecule has 0 bridgehead atoms. The Morgan fingerprint density at radius 3 is 2.77 bits per heavy atom. The third-order valence-electron chi connectivity index (χ3n) is 3.85. The summed E-state index contributed by atoms with van der Waals surface area (Å²) >= 11 is 1.39.